The molecule has 0 bridgehead atoms. The van der Waals surface area contributed by atoms with E-state index in [0.717, 1.165) is 161 Å². The summed E-state index contributed by atoms with van der Waals surface area (Å²) in [5.74, 6) is -1.62. The molecule has 5 atom stereocenters. The molecule has 0 aliphatic heterocycles. The van der Waals surface area contributed by atoms with Gasteiger partial charge in [0.1, 0.15) is 25.4 Å². The van der Waals surface area contributed by atoms with E-state index in [1.807, 2.05) is 0 Å². The van der Waals surface area contributed by atoms with Crippen LogP contribution in [-0.4, -0.2) is 95.9 Å². The zero-order valence-electron chi connectivity index (χ0n) is 59.0. The van der Waals surface area contributed by atoms with Crippen LogP contribution in [0.5, 0.6) is 0 Å². The first kappa shape index (κ1) is 90.7. The Morgan fingerprint density at radius 2 is 0.558 bits per heavy atom. The fraction of sp³-hybridized carbons (Fsp3) is 0.675. The van der Waals surface area contributed by atoms with Crippen molar-refractivity contribution in [3.05, 3.63) is 134 Å². The third-order valence-electron chi connectivity index (χ3n) is 14.8. The van der Waals surface area contributed by atoms with Gasteiger partial charge >= 0.3 is 33.6 Å². The van der Waals surface area contributed by atoms with Crippen LogP contribution in [0.25, 0.3) is 0 Å². The third-order valence-corrected chi connectivity index (χ3v) is 16.7. The maximum Gasteiger partial charge on any atom is 0.472 e. The summed E-state index contributed by atoms with van der Waals surface area (Å²) in [5.41, 5.74) is 0. The highest BCUT2D eigenvalue weighted by Crippen LogP contribution is 2.45. The van der Waals surface area contributed by atoms with E-state index in [-0.39, 0.29) is 19.3 Å². The van der Waals surface area contributed by atoms with E-state index in [4.69, 9.17) is 32.3 Å². The first-order valence-electron chi connectivity index (χ1n) is 36.5. The SMILES string of the molecule is CC/C=C\C/C=C\C/C=C\C/C=C\C/C=C\CCCCCCCCCCCCCCCC(=O)OCC(O)COP(=O)(O)OCC(O)COP(=O)(O)OCC(COC(=O)CCCCCC/C=C\C/C=C\C/C=C\C/C=C\CC)OC(=O)CCCCCCC/C=C\C/C=C\CCC. The molecule has 0 saturated carbocycles. The molecule has 0 radical (unpaired) electrons. The molecule has 0 aliphatic carbocycles. The first-order chi connectivity index (χ1) is 46.2. The van der Waals surface area contributed by atoms with Crippen LogP contribution < -0.4 is 0 Å². The number of allylic oxidation sites excluding steroid dienone is 22. The largest absolute Gasteiger partial charge is 0.472 e. The Morgan fingerprint density at radius 1 is 0.305 bits per heavy atom. The molecular formula is C77H130O16P2. The van der Waals surface area contributed by atoms with Crippen LogP contribution in [0.15, 0.2) is 134 Å². The zero-order valence-corrected chi connectivity index (χ0v) is 60.8. The molecule has 0 spiro atoms. The van der Waals surface area contributed by atoms with Crippen LogP contribution >= 0.6 is 15.6 Å². The zero-order chi connectivity index (χ0) is 69.5. The maximum absolute atomic E-state index is 12.9. The van der Waals surface area contributed by atoms with Crippen molar-refractivity contribution in [1.82, 2.24) is 0 Å². The summed E-state index contributed by atoms with van der Waals surface area (Å²) in [4.78, 5) is 58.4. The van der Waals surface area contributed by atoms with Crippen LogP contribution in [0.4, 0.5) is 0 Å². The number of phosphoric ester groups is 2. The van der Waals surface area contributed by atoms with E-state index in [9.17, 15) is 43.5 Å². The highest BCUT2D eigenvalue weighted by Gasteiger charge is 2.29. The number of aliphatic hydroxyl groups is 2. The number of aliphatic hydroxyl groups excluding tert-OH is 2. The smallest absolute Gasteiger partial charge is 0.463 e. The minimum Gasteiger partial charge on any atom is -0.463 e. The molecule has 544 valence electrons. The molecule has 18 heteroatoms. The van der Waals surface area contributed by atoms with Gasteiger partial charge in [0.2, 0.25) is 0 Å². The highest BCUT2D eigenvalue weighted by atomic mass is 31.2. The van der Waals surface area contributed by atoms with Crippen molar-refractivity contribution in [2.45, 2.75) is 296 Å². The molecule has 0 aromatic heterocycles. The minimum atomic E-state index is -4.94. The molecule has 16 nitrogen and oxygen atoms in total. The Bertz CT molecular complexity index is 2260. The number of esters is 3. The number of rotatable bonds is 68. The van der Waals surface area contributed by atoms with Crippen molar-refractivity contribution in [2.75, 3.05) is 39.6 Å². The van der Waals surface area contributed by atoms with E-state index in [0.29, 0.717) is 19.3 Å². The van der Waals surface area contributed by atoms with E-state index in [1.54, 1.807) is 0 Å². The molecule has 0 aromatic carbocycles. The highest BCUT2D eigenvalue weighted by molar-refractivity contribution is 7.47. The van der Waals surface area contributed by atoms with E-state index in [2.05, 4.69) is 154 Å². The normalized spacial score (nSPS) is 14.9. The van der Waals surface area contributed by atoms with E-state index < -0.39 is 91.5 Å². The molecule has 4 N–H and O–H groups in total. The van der Waals surface area contributed by atoms with Crippen molar-refractivity contribution in [3.63, 3.8) is 0 Å². The molecule has 95 heavy (non-hydrogen) atoms. The molecule has 0 rings (SSSR count). The second-order valence-electron chi connectivity index (χ2n) is 24.0. The summed E-state index contributed by atoms with van der Waals surface area (Å²) < 4.78 is 60.9. The van der Waals surface area contributed by atoms with Gasteiger partial charge in [-0.25, -0.2) is 9.13 Å². The van der Waals surface area contributed by atoms with Crippen LogP contribution in [0.3, 0.4) is 0 Å². The first-order valence-corrected chi connectivity index (χ1v) is 39.5. The van der Waals surface area contributed by atoms with Crippen LogP contribution in [0.1, 0.15) is 278 Å². The summed E-state index contributed by atoms with van der Waals surface area (Å²) >= 11 is 0. The number of carbonyl (C=O) groups is 3. The summed E-state index contributed by atoms with van der Waals surface area (Å²) in [6.07, 6.45) is 82.3. The molecular weight excluding hydrogens is 1240 g/mol. The Hall–Kier alpha value is -4.31. The number of ether oxygens (including phenoxy) is 3. The van der Waals surface area contributed by atoms with E-state index in [1.165, 1.54) is 57.8 Å². The molecule has 0 aromatic rings. The second kappa shape index (κ2) is 69.6. The fourth-order valence-corrected chi connectivity index (χ4v) is 10.9. The molecule has 5 unspecified atom stereocenters. The predicted molar refractivity (Wildman–Crippen MR) is 390 cm³/mol. The van der Waals surface area contributed by atoms with Gasteiger partial charge < -0.3 is 34.2 Å². The summed E-state index contributed by atoms with van der Waals surface area (Å²) in [7, 11) is -9.79. The molecule has 0 aliphatic rings. The monoisotopic (exact) mass is 1370 g/mol. The van der Waals surface area contributed by atoms with Gasteiger partial charge in [-0.1, -0.05) is 264 Å². The maximum atomic E-state index is 12.9. The molecule has 0 saturated heterocycles. The van der Waals surface area contributed by atoms with Crippen molar-refractivity contribution in [3.8, 4) is 0 Å². The number of hydrogen-bond acceptors (Lipinski definition) is 14. The van der Waals surface area contributed by atoms with Crippen molar-refractivity contribution in [2.24, 2.45) is 0 Å². The van der Waals surface area contributed by atoms with Crippen LogP contribution in [-0.2, 0) is 55.8 Å². The summed E-state index contributed by atoms with van der Waals surface area (Å²) in [6, 6.07) is 0. The van der Waals surface area contributed by atoms with Crippen molar-refractivity contribution in [1.29, 1.82) is 0 Å². The van der Waals surface area contributed by atoms with Gasteiger partial charge in [0.25, 0.3) is 0 Å². The van der Waals surface area contributed by atoms with Gasteiger partial charge in [-0.2, -0.15) is 0 Å². The third kappa shape index (κ3) is 70.8. The second-order valence-corrected chi connectivity index (χ2v) is 26.9. The van der Waals surface area contributed by atoms with Gasteiger partial charge in [-0.05, 0) is 128 Å². The fourth-order valence-electron chi connectivity index (χ4n) is 9.33. The number of unbranched alkanes of at least 4 members (excludes halogenated alkanes) is 23. The lowest BCUT2D eigenvalue weighted by Crippen LogP contribution is -2.30. The standard InChI is InChI=1S/C77H130O16P2/c1-4-7-10-13-16-19-22-25-27-29-30-31-32-33-34-35-36-37-38-39-40-42-44-46-48-51-54-57-60-63-75(80)87-66-72(78)67-89-94(83,84)90-68-73(79)69-91-95(85,86)92-71-74(93-77(82)65-62-59-56-53-50-45-24-21-18-15-12-9-6-3)70-88-76(81)64-61-58-55-52-49-47-43-41-28-26-23-20-17-14-11-8-5-2/h7-8,10-12,15-17,19-21,24-28,30-31,33-34,43,47,72-74,78-79H,4-6,9,13-14,18,22-23,29,32,35-42,44-46,48-71H2,1-3H3,(H,83,84)(H,85,86)/b10-7-,11-8-,15-12-,19-16-,20-17-,24-21-,27-25-,28-26-,31-30-,34-33-,47-43-. The van der Waals surface area contributed by atoms with E-state index >= 15 is 0 Å². The lowest BCUT2D eigenvalue weighted by molar-refractivity contribution is -0.161. The molecule has 0 amide bonds. The Labute approximate surface area is 575 Å². The Balaban J connectivity index is 4.49. The Morgan fingerprint density at radius 3 is 0.884 bits per heavy atom. The van der Waals surface area contributed by atoms with Gasteiger partial charge in [0, 0.05) is 19.3 Å². The molecule has 0 fully saturated rings. The van der Waals surface area contributed by atoms with Gasteiger partial charge in [-0.3, -0.25) is 32.5 Å². The van der Waals surface area contributed by atoms with Crippen molar-refractivity contribution >= 4 is 33.6 Å². The summed E-state index contributed by atoms with van der Waals surface area (Å²) in [5, 5.41) is 20.6. The average molecular weight is 1370 g/mol. The number of phosphoric acid groups is 2. The minimum absolute atomic E-state index is 0.0798. The number of hydrogen-bond donors (Lipinski definition) is 4. The molecule has 0 heterocycles. The van der Waals surface area contributed by atoms with Gasteiger partial charge in [0.05, 0.1) is 26.4 Å². The van der Waals surface area contributed by atoms with Crippen LogP contribution in [0, 0.1) is 0 Å². The lowest BCUT2D eigenvalue weighted by atomic mass is 10.0. The quantitative estimate of drug-likeness (QED) is 0.0146. The van der Waals surface area contributed by atoms with Crippen LogP contribution in [0.2, 0.25) is 0 Å². The average Bonchev–Trinajstić information content (AvgIpc) is 3.76. The van der Waals surface area contributed by atoms with Crippen molar-refractivity contribution < 1.29 is 75.8 Å². The summed E-state index contributed by atoms with van der Waals surface area (Å²) in [6.45, 7) is 2.32. The topological polar surface area (TPSA) is 231 Å². The lowest BCUT2D eigenvalue weighted by Gasteiger charge is -2.21. The van der Waals surface area contributed by atoms with Gasteiger partial charge in [0.15, 0.2) is 6.10 Å². The van der Waals surface area contributed by atoms with Gasteiger partial charge in [-0.15, -0.1) is 0 Å². The number of carbonyl (C=O) groups excluding carboxylic acids is 3. The predicted octanol–water partition coefficient (Wildman–Crippen LogP) is 20.8. The Kier molecular flexibility index (Phi) is 66.4.